The Morgan fingerprint density at radius 2 is 1.61 bits per heavy atom. The smallest absolute Gasteiger partial charge is 0.390 e. The van der Waals surface area contributed by atoms with Crippen molar-refractivity contribution in [3.8, 4) is 0 Å². The van der Waals surface area contributed by atoms with E-state index in [-0.39, 0.29) is 18.0 Å². The normalized spacial score (nSPS) is 11.9. The molecule has 0 atom stereocenters. The molecule has 0 saturated carbocycles. The van der Waals surface area contributed by atoms with E-state index < -0.39 is 32.1 Å². The second-order valence-corrected chi connectivity index (χ2v) is 6.32. The van der Waals surface area contributed by atoms with E-state index in [1.54, 1.807) is 0 Å². The van der Waals surface area contributed by atoms with E-state index in [0.29, 0.717) is 6.07 Å². The molecule has 8 heteroatoms. The maximum atomic E-state index is 13.3. The zero-order valence-corrected chi connectivity index (χ0v) is 10.8. The largest absolute Gasteiger partial charge is 0.498 e. The van der Waals surface area contributed by atoms with Gasteiger partial charge in [0.25, 0.3) is 0 Å². The molecule has 1 aromatic rings. The Hall–Kier alpha value is -0.963. The van der Waals surface area contributed by atoms with Crippen molar-refractivity contribution in [2.45, 2.75) is 12.5 Å². The van der Waals surface area contributed by atoms with E-state index in [2.05, 4.69) is 0 Å². The van der Waals surface area contributed by atoms with Gasteiger partial charge in [-0.3, -0.25) is 0 Å². The van der Waals surface area contributed by atoms with Crippen molar-refractivity contribution in [2.75, 3.05) is 14.2 Å². The third kappa shape index (κ3) is 3.08. The third-order valence-electron chi connectivity index (χ3n) is 2.53. The molecule has 0 aliphatic heterocycles. The highest BCUT2D eigenvalue weighted by Crippen LogP contribution is 2.21. The summed E-state index contributed by atoms with van der Waals surface area (Å²) in [5.41, 5.74) is -0.383. The van der Waals surface area contributed by atoms with Gasteiger partial charge in [0.1, 0.15) is 0 Å². The van der Waals surface area contributed by atoms with Gasteiger partial charge in [0, 0.05) is 20.3 Å². The van der Waals surface area contributed by atoms with Gasteiger partial charge >= 0.3 is 8.80 Å². The fraction of sp³-hybridized carbons (Fsp3) is 0.400. The van der Waals surface area contributed by atoms with Gasteiger partial charge in [-0.15, -0.1) is 0 Å². The van der Waals surface area contributed by atoms with Crippen LogP contribution in [0.25, 0.3) is 0 Å². The molecule has 0 amide bonds. The lowest BCUT2D eigenvalue weighted by Crippen LogP contribution is -2.40. The summed E-state index contributed by atoms with van der Waals surface area (Å²) in [5.74, 6) is -6.69. The first-order valence-corrected chi connectivity index (χ1v) is 6.96. The second kappa shape index (κ2) is 5.78. The molecular weight excluding hydrogens is 272 g/mol. The van der Waals surface area contributed by atoms with Crippen LogP contribution in [0.15, 0.2) is 6.07 Å². The van der Waals surface area contributed by atoms with Crippen LogP contribution in [0, 0.1) is 23.3 Å². The molecule has 0 spiro atoms. The molecule has 1 N–H and O–H groups in total. The Morgan fingerprint density at radius 1 is 1.06 bits per heavy atom. The summed E-state index contributed by atoms with van der Waals surface area (Å²) in [5, 5.41) is 0. The third-order valence-corrected chi connectivity index (χ3v) is 4.68. The van der Waals surface area contributed by atoms with Crippen LogP contribution in [0.2, 0.25) is 6.04 Å². The van der Waals surface area contributed by atoms with Crippen LogP contribution in [0.4, 0.5) is 17.6 Å². The van der Waals surface area contributed by atoms with Crippen molar-refractivity contribution in [2.24, 2.45) is 0 Å². The van der Waals surface area contributed by atoms with E-state index in [0.717, 1.165) is 0 Å². The first-order chi connectivity index (χ1) is 8.34. The van der Waals surface area contributed by atoms with Crippen LogP contribution in [-0.2, 0) is 15.3 Å². The van der Waals surface area contributed by atoms with E-state index in [1.807, 2.05) is 0 Å². The molecule has 0 heterocycles. The number of halogens is 4. The van der Waals surface area contributed by atoms with Crippen LogP contribution in [0.1, 0.15) is 5.56 Å². The van der Waals surface area contributed by atoms with E-state index in [9.17, 15) is 22.4 Å². The molecule has 0 aliphatic carbocycles. The number of rotatable bonds is 5. The summed E-state index contributed by atoms with van der Waals surface area (Å²) in [6.45, 7) is 0. The van der Waals surface area contributed by atoms with Crippen molar-refractivity contribution in [3.05, 3.63) is 34.9 Å². The van der Waals surface area contributed by atoms with Crippen LogP contribution in [-0.4, -0.2) is 27.8 Å². The summed E-state index contributed by atoms with van der Waals surface area (Å²) in [6.07, 6.45) is -0.232. The molecule has 102 valence electrons. The average Bonchev–Trinajstić information content (AvgIpc) is 2.38. The summed E-state index contributed by atoms with van der Waals surface area (Å²) < 4.78 is 61.3. The lowest BCUT2D eigenvalue weighted by atomic mass is 10.1. The second-order valence-electron chi connectivity index (χ2n) is 3.58. The first kappa shape index (κ1) is 15.1. The number of hydrogen-bond donors (Lipinski definition) is 1. The lowest BCUT2D eigenvalue weighted by Gasteiger charge is -2.19. The van der Waals surface area contributed by atoms with Gasteiger partial charge in [-0.1, -0.05) is 0 Å². The predicted molar refractivity (Wildman–Crippen MR) is 56.8 cm³/mol. The van der Waals surface area contributed by atoms with Gasteiger partial charge in [0.15, 0.2) is 23.3 Å². The van der Waals surface area contributed by atoms with Crippen molar-refractivity contribution in [3.63, 3.8) is 0 Å². The van der Waals surface area contributed by atoms with Gasteiger partial charge in [0.05, 0.1) is 0 Å². The standard InChI is InChI=1S/C10H12F4O3Si/c1-16-18(15,17-2)4-3-6-5-7(11)9(13)10(14)8(6)12/h5,15H,3-4H2,1-2H3. The highest BCUT2D eigenvalue weighted by atomic mass is 28.4. The Morgan fingerprint density at radius 3 is 2.11 bits per heavy atom. The highest BCUT2D eigenvalue weighted by molar-refractivity contribution is 6.59. The monoisotopic (exact) mass is 284 g/mol. The summed E-state index contributed by atoms with van der Waals surface area (Å²) >= 11 is 0. The fourth-order valence-corrected chi connectivity index (χ4v) is 2.54. The summed E-state index contributed by atoms with van der Waals surface area (Å²) in [7, 11) is -1.04. The molecule has 18 heavy (non-hydrogen) atoms. The minimum absolute atomic E-state index is 0.137. The molecule has 1 rings (SSSR count). The quantitative estimate of drug-likeness (QED) is 0.389. The molecule has 0 unspecified atom stereocenters. The molecule has 0 radical (unpaired) electrons. The van der Waals surface area contributed by atoms with Crippen LogP contribution >= 0.6 is 0 Å². The zero-order chi connectivity index (χ0) is 13.9. The maximum Gasteiger partial charge on any atom is 0.498 e. The molecular formula is C10H12F4O3Si. The molecule has 0 fully saturated rings. The number of aryl methyl sites for hydroxylation is 1. The Bertz CT molecular complexity index is 438. The van der Waals surface area contributed by atoms with Gasteiger partial charge < -0.3 is 13.6 Å². The van der Waals surface area contributed by atoms with Gasteiger partial charge in [-0.25, -0.2) is 17.6 Å². The zero-order valence-electron chi connectivity index (χ0n) is 9.77. The minimum atomic E-state index is -3.46. The van der Waals surface area contributed by atoms with Crippen molar-refractivity contribution >= 4 is 8.80 Å². The first-order valence-electron chi connectivity index (χ1n) is 4.99. The summed E-state index contributed by atoms with van der Waals surface area (Å²) in [4.78, 5) is 9.68. The molecule has 0 bridgehead atoms. The van der Waals surface area contributed by atoms with Crippen molar-refractivity contribution < 1.29 is 31.2 Å². The fourth-order valence-electron chi connectivity index (χ4n) is 1.38. The topological polar surface area (TPSA) is 38.7 Å². The number of hydrogen-bond acceptors (Lipinski definition) is 3. The summed E-state index contributed by atoms with van der Waals surface area (Å²) in [6, 6.07) is 0.412. The molecule has 0 aromatic heterocycles. The van der Waals surface area contributed by atoms with Crippen LogP contribution in [0.5, 0.6) is 0 Å². The SMILES string of the molecule is CO[Si](O)(CCc1cc(F)c(F)c(F)c1F)OC. The average molecular weight is 284 g/mol. The molecule has 3 nitrogen and oxygen atoms in total. The molecule has 0 saturated heterocycles. The van der Waals surface area contributed by atoms with E-state index >= 15 is 0 Å². The Balaban J connectivity index is 2.93. The van der Waals surface area contributed by atoms with Gasteiger partial charge in [-0.05, 0) is 18.1 Å². The van der Waals surface area contributed by atoms with Crippen LogP contribution < -0.4 is 0 Å². The van der Waals surface area contributed by atoms with E-state index in [4.69, 9.17) is 8.85 Å². The minimum Gasteiger partial charge on any atom is -0.390 e. The van der Waals surface area contributed by atoms with E-state index in [1.165, 1.54) is 14.2 Å². The molecule has 1 aromatic carbocycles. The number of benzene rings is 1. The lowest BCUT2D eigenvalue weighted by molar-refractivity contribution is 0.151. The van der Waals surface area contributed by atoms with Gasteiger partial charge in [0.2, 0.25) is 0 Å². The van der Waals surface area contributed by atoms with Crippen molar-refractivity contribution in [1.82, 2.24) is 0 Å². The molecule has 0 aliphatic rings. The predicted octanol–water partition coefficient (Wildman–Crippen LogP) is 2.01. The Kier molecular flexibility index (Phi) is 4.85. The van der Waals surface area contributed by atoms with Crippen molar-refractivity contribution in [1.29, 1.82) is 0 Å². The highest BCUT2D eigenvalue weighted by Gasteiger charge is 2.34. The maximum absolute atomic E-state index is 13.3. The van der Waals surface area contributed by atoms with Gasteiger partial charge in [-0.2, -0.15) is 0 Å². The van der Waals surface area contributed by atoms with Crippen LogP contribution in [0.3, 0.4) is 0 Å². The Labute approximate surface area is 102 Å².